The summed E-state index contributed by atoms with van der Waals surface area (Å²) in [5, 5.41) is 0. The molecule has 2 nitrogen and oxygen atoms in total. The Hall–Kier alpha value is -1.57. The number of hydrogen-bond acceptors (Lipinski definition) is 2. The van der Waals surface area contributed by atoms with Gasteiger partial charge in [0, 0.05) is 6.42 Å². The van der Waals surface area contributed by atoms with Crippen LogP contribution in [0.15, 0.2) is 47.6 Å². The maximum atomic E-state index is 11.3. The summed E-state index contributed by atoms with van der Waals surface area (Å²) in [6.07, 6.45) is 13.9. The Morgan fingerprint density at radius 3 is 1.86 bits per heavy atom. The molecule has 0 aromatic rings. The van der Waals surface area contributed by atoms with Crippen LogP contribution in [0.4, 0.5) is 0 Å². The number of ether oxygens (including phenoxy) is 1. The summed E-state index contributed by atoms with van der Waals surface area (Å²) in [4.78, 5) is 11.3. The van der Waals surface area contributed by atoms with Crippen molar-refractivity contribution in [2.45, 2.75) is 66.2 Å². The van der Waals surface area contributed by atoms with Crippen LogP contribution >= 0.6 is 0 Å². The maximum Gasteiger partial charge on any atom is 0.306 e. The molecule has 0 bridgehead atoms. The molecule has 0 aromatic carbocycles. The van der Waals surface area contributed by atoms with Crippen LogP contribution in [0.5, 0.6) is 0 Å². The van der Waals surface area contributed by atoms with Crippen molar-refractivity contribution in [3.05, 3.63) is 47.6 Å². The highest BCUT2D eigenvalue weighted by atomic mass is 16.5. The van der Waals surface area contributed by atoms with Crippen LogP contribution in [-0.2, 0) is 9.53 Å². The third-order valence-corrected chi connectivity index (χ3v) is 3.33. The third-order valence-electron chi connectivity index (χ3n) is 3.33. The lowest BCUT2D eigenvalue weighted by atomic mass is 10.1. The molecule has 0 heterocycles. The number of carbonyl (C=O) groups excluding carboxylic acids is 1. The van der Waals surface area contributed by atoms with Gasteiger partial charge in [0.05, 0.1) is 0 Å². The van der Waals surface area contributed by atoms with Crippen molar-refractivity contribution in [1.29, 1.82) is 0 Å². The summed E-state index contributed by atoms with van der Waals surface area (Å²) in [5.74, 6) is -0.154. The second-order valence-corrected chi connectivity index (χ2v) is 5.97. The summed E-state index contributed by atoms with van der Waals surface area (Å²) in [6, 6.07) is 0. The van der Waals surface area contributed by atoms with E-state index in [1.807, 2.05) is 0 Å². The summed E-state index contributed by atoms with van der Waals surface area (Å²) >= 11 is 0. The molecule has 0 N–H and O–H groups in total. The normalized spacial score (nSPS) is 12.0. The zero-order valence-electron chi connectivity index (χ0n) is 14.8. The van der Waals surface area contributed by atoms with Crippen molar-refractivity contribution >= 4 is 5.97 Å². The van der Waals surface area contributed by atoms with Gasteiger partial charge in [0.2, 0.25) is 0 Å². The third kappa shape index (κ3) is 13.4. The highest BCUT2D eigenvalue weighted by molar-refractivity contribution is 5.69. The molecule has 0 saturated carbocycles. The maximum absolute atomic E-state index is 11.3. The van der Waals surface area contributed by atoms with E-state index in [0.717, 1.165) is 32.1 Å². The second kappa shape index (κ2) is 13.1. The van der Waals surface area contributed by atoms with Gasteiger partial charge in [-0.05, 0) is 59.8 Å². The minimum atomic E-state index is -0.154. The molecule has 0 fully saturated rings. The van der Waals surface area contributed by atoms with Crippen LogP contribution in [0.1, 0.15) is 66.2 Å². The van der Waals surface area contributed by atoms with E-state index in [1.165, 1.54) is 16.7 Å². The molecule has 0 aliphatic heterocycles. The topological polar surface area (TPSA) is 26.3 Å². The molecule has 0 aliphatic rings. The first-order valence-corrected chi connectivity index (χ1v) is 8.16. The monoisotopic (exact) mass is 304 g/mol. The molecule has 0 aromatic heterocycles. The quantitative estimate of drug-likeness (QED) is 0.350. The molecule has 0 unspecified atom stereocenters. The first-order chi connectivity index (χ1) is 10.5. The zero-order chi connectivity index (χ0) is 16.8. The fourth-order valence-electron chi connectivity index (χ4n) is 2.00. The Labute approximate surface area is 136 Å². The molecule has 0 amide bonds. The summed E-state index contributed by atoms with van der Waals surface area (Å²) < 4.78 is 4.94. The Kier molecular flexibility index (Phi) is 12.2. The lowest BCUT2D eigenvalue weighted by Crippen LogP contribution is -2.03. The predicted molar refractivity (Wildman–Crippen MR) is 95.8 cm³/mol. The Morgan fingerprint density at radius 1 is 0.864 bits per heavy atom. The van der Waals surface area contributed by atoms with Gasteiger partial charge in [0.1, 0.15) is 6.61 Å². The first-order valence-electron chi connectivity index (χ1n) is 8.16. The zero-order valence-corrected chi connectivity index (χ0v) is 14.8. The number of allylic oxidation sites excluding steroid dienone is 6. The molecule has 0 rings (SSSR count). The number of esters is 1. The molecule has 0 aliphatic carbocycles. The van der Waals surface area contributed by atoms with Gasteiger partial charge in [-0.3, -0.25) is 4.79 Å². The lowest BCUT2D eigenvalue weighted by molar-refractivity contribution is -0.142. The Morgan fingerprint density at radius 2 is 1.36 bits per heavy atom. The van der Waals surface area contributed by atoms with Gasteiger partial charge >= 0.3 is 5.97 Å². The highest BCUT2D eigenvalue weighted by Crippen LogP contribution is 2.12. The van der Waals surface area contributed by atoms with E-state index in [1.54, 1.807) is 6.08 Å². The largest absolute Gasteiger partial charge is 0.461 e. The smallest absolute Gasteiger partial charge is 0.306 e. The molecule has 0 saturated heterocycles. The number of carbonyl (C=O) groups is 1. The molecule has 2 heteroatoms. The fraction of sp³-hybridized carbons (Fsp3) is 0.550. The minimum Gasteiger partial charge on any atom is -0.461 e. The fourth-order valence-corrected chi connectivity index (χ4v) is 2.00. The molecular weight excluding hydrogens is 272 g/mol. The van der Waals surface area contributed by atoms with Crippen molar-refractivity contribution in [2.24, 2.45) is 0 Å². The van der Waals surface area contributed by atoms with Gasteiger partial charge in [0.25, 0.3) is 0 Å². The van der Waals surface area contributed by atoms with E-state index >= 15 is 0 Å². The average Bonchev–Trinajstić information content (AvgIpc) is 2.44. The summed E-state index contributed by atoms with van der Waals surface area (Å²) in [7, 11) is 0. The van der Waals surface area contributed by atoms with Gasteiger partial charge in [-0.2, -0.15) is 0 Å². The summed E-state index contributed by atoms with van der Waals surface area (Å²) in [5.41, 5.74) is 4.18. The SMILES string of the molecule is C=CCOC(=O)CCC=C(C)CCC=C(C)CCC=C(C)C. The van der Waals surface area contributed by atoms with Crippen LogP contribution in [-0.4, -0.2) is 12.6 Å². The van der Waals surface area contributed by atoms with E-state index in [4.69, 9.17) is 4.74 Å². The van der Waals surface area contributed by atoms with Crippen LogP contribution in [0.2, 0.25) is 0 Å². The molecule has 22 heavy (non-hydrogen) atoms. The van der Waals surface area contributed by atoms with E-state index < -0.39 is 0 Å². The van der Waals surface area contributed by atoms with Crippen LogP contribution in [0.3, 0.4) is 0 Å². The Bertz CT molecular complexity index is 421. The lowest BCUT2D eigenvalue weighted by Gasteiger charge is -2.02. The predicted octanol–water partition coefficient (Wildman–Crippen LogP) is 5.92. The highest BCUT2D eigenvalue weighted by Gasteiger charge is 1.99. The van der Waals surface area contributed by atoms with Crippen molar-refractivity contribution in [1.82, 2.24) is 0 Å². The van der Waals surface area contributed by atoms with Crippen LogP contribution in [0.25, 0.3) is 0 Å². The van der Waals surface area contributed by atoms with E-state index in [0.29, 0.717) is 13.0 Å². The van der Waals surface area contributed by atoms with Gasteiger partial charge < -0.3 is 4.74 Å². The average molecular weight is 304 g/mol. The van der Waals surface area contributed by atoms with E-state index in [9.17, 15) is 4.79 Å². The van der Waals surface area contributed by atoms with Gasteiger partial charge in [-0.15, -0.1) is 0 Å². The van der Waals surface area contributed by atoms with Crippen molar-refractivity contribution in [3.8, 4) is 0 Å². The summed E-state index contributed by atoms with van der Waals surface area (Å²) in [6.45, 7) is 12.4. The van der Waals surface area contributed by atoms with Gasteiger partial charge in [0.15, 0.2) is 0 Å². The van der Waals surface area contributed by atoms with Crippen LogP contribution in [0, 0.1) is 0 Å². The standard InChI is InChI=1S/C20H32O2/c1-6-16-22-20(21)15-9-14-19(5)13-8-12-18(4)11-7-10-17(2)3/h6,10,12,14H,1,7-9,11,13,15-16H2,2-5H3. The second-order valence-electron chi connectivity index (χ2n) is 5.97. The molecule has 0 atom stereocenters. The van der Waals surface area contributed by atoms with Crippen molar-refractivity contribution in [2.75, 3.05) is 6.61 Å². The molecular formula is C20H32O2. The van der Waals surface area contributed by atoms with E-state index in [2.05, 4.69) is 52.5 Å². The minimum absolute atomic E-state index is 0.154. The van der Waals surface area contributed by atoms with Gasteiger partial charge in [-0.25, -0.2) is 0 Å². The Balaban J connectivity index is 3.89. The molecule has 0 spiro atoms. The van der Waals surface area contributed by atoms with Gasteiger partial charge in [-0.1, -0.05) is 47.6 Å². The molecule has 0 radical (unpaired) electrons. The number of hydrogen-bond donors (Lipinski definition) is 0. The van der Waals surface area contributed by atoms with E-state index in [-0.39, 0.29) is 5.97 Å². The first kappa shape index (κ1) is 20.4. The van der Waals surface area contributed by atoms with Crippen LogP contribution < -0.4 is 0 Å². The van der Waals surface area contributed by atoms with Crippen molar-refractivity contribution < 1.29 is 9.53 Å². The molecule has 124 valence electrons. The van der Waals surface area contributed by atoms with Crippen molar-refractivity contribution in [3.63, 3.8) is 0 Å². The number of rotatable bonds is 11.